The number of nitrogens with zero attached hydrogens (tertiary/aromatic N) is 1. The third-order valence-corrected chi connectivity index (χ3v) is 3.81. The lowest BCUT2D eigenvalue weighted by atomic mass is 10.2. The topological polar surface area (TPSA) is 57.7 Å². The van der Waals surface area contributed by atoms with Crippen LogP contribution in [0.25, 0.3) is 16.8 Å². The minimum absolute atomic E-state index is 0.454. The fraction of sp³-hybridized carbons (Fsp3) is 0.182. The molecule has 0 saturated carbocycles. The van der Waals surface area contributed by atoms with Gasteiger partial charge in [0.1, 0.15) is 5.75 Å². The van der Waals surface area contributed by atoms with Crippen LogP contribution >= 0.6 is 0 Å². The summed E-state index contributed by atoms with van der Waals surface area (Å²) in [6.07, 6.45) is 6.53. The van der Waals surface area contributed by atoms with Crippen molar-refractivity contribution in [1.29, 1.82) is 0 Å². The second-order valence-corrected chi connectivity index (χ2v) is 5.71. The summed E-state index contributed by atoms with van der Waals surface area (Å²) in [6.45, 7) is 4.92. The van der Waals surface area contributed by atoms with Gasteiger partial charge in [-0.3, -0.25) is 4.98 Å². The summed E-state index contributed by atoms with van der Waals surface area (Å²) < 4.78 is 16.5. The molecular formula is C22H21NO4. The van der Waals surface area contributed by atoms with Gasteiger partial charge in [0, 0.05) is 23.9 Å². The van der Waals surface area contributed by atoms with E-state index in [1.165, 1.54) is 6.08 Å². The maximum atomic E-state index is 12.1. The fourth-order valence-corrected chi connectivity index (χ4v) is 2.61. The van der Waals surface area contributed by atoms with Gasteiger partial charge in [0.05, 0.1) is 13.2 Å². The number of esters is 1. The van der Waals surface area contributed by atoms with Gasteiger partial charge in [0.2, 0.25) is 0 Å². The first-order chi connectivity index (χ1) is 13.2. The average Bonchev–Trinajstić information content (AvgIpc) is 2.68. The Hall–Kier alpha value is -3.34. The van der Waals surface area contributed by atoms with Crippen molar-refractivity contribution in [2.24, 2.45) is 0 Å². The van der Waals surface area contributed by atoms with Crippen molar-refractivity contribution in [2.45, 2.75) is 13.8 Å². The zero-order chi connectivity index (χ0) is 19.1. The first-order valence-corrected chi connectivity index (χ1v) is 8.83. The smallest absolute Gasteiger partial charge is 0.336 e. The van der Waals surface area contributed by atoms with Crippen LogP contribution in [0.4, 0.5) is 0 Å². The molecule has 3 aromatic rings. The Balaban J connectivity index is 1.70. The Bertz CT molecular complexity index is 965. The maximum Gasteiger partial charge on any atom is 0.336 e. The molecule has 3 rings (SSSR count). The molecule has 138 valence electrons. The van der Waals surface area contributed by atoms with Crippen LogP contribution in [0.2, 0.25) is 0 Å². The molecule has 0 aliphatic heterocycles. The number of aromatic nitrogens is 1. The van der Waals surface area contributed by atoms with Crippen LogP contribution in [-0.2, 0) is 4.79 Å². The largest absolute Gasteiger partial charge is 0.490 e. The van der Waals surface area contributed by atoms with Crippen LogP contribution in [0.3, 0.4) is 0 Å². The molecule has 0 bridgehead atoms. The molecule has 1 aromatic heterocycles. The molecule has 0 saturated heterocycles. The zero-order valence-electron chi connectivity index (χ0n) is 15.3. The third kappa shape index (κ3) is 4.85. The quantitative estimate of drug-likeness (QED) is 0.347. The third-order valence-electron chi connectivity index (χ3n) is 3.81. The van der Waals surface area contributed by atoms with Crippen LogP contribution < -0.4 is 14.2 Å². The molecular weight excluding hydrogens is 342 g/mol. The second-order valence-electron chi connectivity index (χ2n) is 5.71. The SMILES string of the molecule is CCOc1ccc(C=CC(=O)Oc2ccc3ccncc3c2)cc1OCC. The Morgan fingerprint density at radius 2 is 1.78 bits per heavy atom. The van der Waals surface area contributed by atoms with E-state index in [9.17, 15) is 4.79 Å². The lowest BCUT2D eigenvalue weighted by Gasteiger charge is -2.11. The summed E-state index contributed by atoms with van der Waals surface area (Å²) in [7, 11) is 0. The van der Waals surface area contributed by atoms with E-state index in [4.69, 9.17) is 14.2 Å². The van der Waals surface area contributed by atoms with Crippen molar-refractivity contribution in [3.63, 3.8) is 0 Å². The Labute approximate surface area is 158 Å². The minimum Gasteiger partial charge on any atom is -0.490 e. The van der Waals surface area contributed by atoms with Gasteiger partial charge in [-0.1, -0.05) is 12.1 Å². The minimum atomic E-state index is -0.454. The molecule has 0 amide bonds. The van der Waals surface area contributed by atoms with E-state index in [1.54, 1.807) is 30.6 Å². The number of benzene rings is 2. The summed E-state index contributed by atoms with van der Waals surface area (Å²) in [5, 5.41) is 1.96. The number of hydrogen-bond donors (Lipinski definition) is 0. The summed E-state index contributed by atoms with van der Waals surface area (Å²) in [5.74, 6) is 1.36. The molecule has 0 radical (unpaired) electrons. The van der Waals surface area contributed by atoms with Gasteiger partial charge < -0.3 is 14.2 Å². The number of carbonyl (C=O) groups excluding carboxylic acids is 1. The lowest BCUT2D eigenvalue weighted by Crippen LogP contribution is -2.03. The van der Waals surface area contributed by atoms with E-state index < -0.39 is 5.97 Å². The van der Waals surface area contributed by atoms with Crippen molar-refractivity contribution in [3.8, 4) is 17.2 Å². The van der Waals surface area contributed by atoms with E-state index >= 15 is 0 Å². The Kier molecular flexibility index (Phi) is 6.05. The van der Waals surface area contributed by atoms with Gasteiger partial charge in [-0.2, -0.15) is 0 Å². The Morgan fingerprint density at radius 3 is 2.59 bits per heavy atom. The molecule has 5 nitrogen and oxygen atoms in total. The van der Waals surface area contributed by atoms with Crippen molar-refractivity contribution in [3.05, 3.63) is 66.5 Å². The predicted molar refractivity (Wildman–Crippen MR) is 105 cm³/mol. The van der Waals surface area contributed by atoms with Crippen LogP contribution in [0.5, 0.6) is 17.2 Å². The highest BCUT2D eigenvalue weighted by atomic mass is 16.5. The van der Waals surface area contributed by atoms with E-state index in [0.29, 0.717) is 30.5 Å². The lowest BCUT2D eigenvalue weighted by molar-refractivity contribution is -0.128. The first kappa shape index (κ1) is 18.5. The summed E-state index contributed by atoms with van der Waals surface area (Å²) >= 11 is 0. The number of pyridine rings is 1. The molecule has 0 fully saturated rings. The normalized spacial score (nSPS) is 10.9. The standard InChI is InChI=1S/C22H21NO4/c1-3-25-20-9-5-16(13-21(20)26-4-2)6-10-22(24)27-19-8-7-17-11-12-23-15-18(17)14-19/h5-15H,3-4H2,1-2H3. The maximum absolute atomic E-state index is 12.1. The molecule has 5 heteroatoms. The van der Waals surface area contributed by atoms with Crippen molar-refractivity contribution >= 4 is 22.8 Å². The molecule has 0 unspecified atom stereocenters. The molecule has 0 aliphatic rings. The van der Waals surface area contributed by atoms with Crippen LogP contribution in [0.1, 0.15) is 19.4 Å². The molecule has 1 heterocycles. The highest BCUT2D eigenvalue weighted by molar-refractivity contribution is 5.90. The van der Waals surface area contributed by atoms with Crippen molar-refractivity contribution in [1.82, 2.24) is 4.98 Å². The van der Waals surface area contributed by atoms with Gasteiger partial charge in [0.25, 0.3) is 0 Å². The second kappa shape index (κ2) is 8.85. The van der Waals surface area contributed by atoms with E-state index in [-0.39, 0.29) is 0 Å². The molecule has 0 spiro atoms. The van der Waals surface area contributed by atoms with E-state index in [0.717, 1.165) is 16.3 Å². The highest BCUT2D eigenvalue weighted by Gasteiger charge is 2.06. The summed E-state index contributed by atoms with van der Waals surface area (Å²) in [5.41, 5.74) is 0.821. The van der Waals surface area contributed by atoms with Crippen molar-refractivity contribution in [2.75, 3.05) is 13.2 Å². The van der Waals surface area contributed by atoms with Gasteiger partial charge in [-0.15, -0.1) is 0 Å². The number of carbonyl (C=O) groups is 1. The van der Waals surface area contributed by atoms with Crippen molar-refractivity contribution < 1.29 is 19.0 Å². The van der Waals surface area contributed by atoms with Crippen LogP contribution in [-0.4, -0.2) is 24.2 Å². The molecule has 2 aromatic carbocycles. The molecule has 27 heavy (non-hydrogen) atoms. The number of fused-ring (bicyclic) bond motifs is 1. The monoisotopic (exact) mass is 363 g/mol. The number of ether oxygens (including phenoxy) is 3. The van der Waals surface area contributed by atoms with Gasteiger partial charge in [0.15, 0.2) is 11.5 Å². The molecule has 0 atom stereocenters. The van der Waals surface area contributed by atoms with E-state index in [1.807, 2.05) is 44.2 Å². The molecule has 0 N–H and O–H groups in total. The highest BCUT2D eigenvalue weighted by Crippen LogP contribution is 2.29. The zero-order valence-corrected chi connectivity index (χ0v) is 15.3. The van der Waals surface area contributed by atoms with Crippen LogP contribution in [0, 0.1) is 0 Å². The molecule has 0 aliphatic carbocycles. The van der Waals surface area contributed by atoms with Crippen LogP contribution in [0.15, 0.2) is 60.9 Å². The average molecular weight is 363 g/mol. The summed E-state index contributed by atoms with van der Waals surface area (Å²) in [6, 6.07) is 12.9. The number of hydrogen-bond acceptors (Lipinski definition) is 5. The summed E-state index contributed by atoms with van der Waals surface area (Å²) in [4.78, 5) is 16.2. The van der Waals surface area contributed by atoms with Gasteiger partial charge in [-0.05, 0) is 61.2 Å². The predicted octanol–water partition coefficient (Wildman–Crippen LogP) is 4.65. The fourth-order valence-electron chi connectivity index (χ4n) is 2.61. The first-order valence-electron chi connectivity index (χ1n) is 8.83. The van der Waals surface area contributed by atoms with E-state index in [2.05, 4.69) is 4.98 Å². The number of rotatable bonds is 7. The van der Waals surface area contributed by atoms with Gasteiger partial charge >= 0.3 is 5.97 Å². The Morgan fingerprint density at radius 1 is 0.963 bits per heavy atom. The van der Waals surface area contributed by atoms with Gasteiger partial charge in [-0.25, -0.2) is 4.79 Å².